The Morgan fingerprint density at radius 2 is 2.05 bits per heavy atom. The van der Waals surface area contributed by atoms with Crippen LogP contribution in [0.5, 0.6) is 0 Å². The minimum Gasteiger partial charge on any atom is -0.383 e. The van der Waals surface area contributed by atoms with Crippen molar-refractivity contribution in [3.63, 3.8) is 0 Å². The van der Waals surface area contributed by atoms with E-state index in [4.69, 9.17) is 17.3 Å². The van der Waals surface area contributed by atoms with E-state index in [2.05, 4.69) is 27.5 Å². The molecule has 0 radical (unpaired) electrons. The van der Waals surface area contributed by atoms with Crippen molar-refractivity contribution in [1.29, 1.82) is 0 Å². The summed E-state index contributed by atoms with van der Waals surface area (Å²) < 4.78 is 2.15. The van der Waals surface area contributed by atoms with Crippen LogP contribution in [0.2, 0.25) is 5.02 Å². The fourth-order valence-corrected chi connectivity index (χ4v) is 2.72. The van der Waals surface area contributed by atoms with Crippen molar-refractivity contribution in [3.05, 3.63) is 52.4 Å². The van der Waals surface area contributed by atoms with Gasteiger partial charge in [-0.15, -0.1) is 0 Å². The van der Waals surface area contributed by atoms with Gasteiger partial charge in [-0.05, 0) is 37.1 Å². The van der Waals surface area contributed by atoms with E-state index in [0.717, 1.165) is 32.9 Å². The lowest BCUT2D eigenvalue weighted by atomic mass is 10.2. The second-order valence-corrected chi connectivity index (χ2v) is 5.32. The Bertz CT molecular complexity index is 792. The number of rotatable bonds is 2. The van der Waals surface area contributed by atoms with Crippen LogP contribution in [-0.2, 0) is 6.54 Å². The van der Waals surface area contributed by atoms with Gasteiger partial charge >= 0.3 is 0 Å². The quantitative estimate of drug-likeness (QED) is 0.786. The Morgan fingerprint density at radius 1 is 1.25 bits per heavy atom. The lowest BCUT2D eigenvalue weighted by Gasteiger charge is -2.08. The van der Waals surface area contributed by atoms with Gasteiger partial charge < -0.3 is 10.3 Å². The van der Waals surface area contributed by atoms with Crippen molar-refractivity contribution in [2.45, 2.75) is 20.4 Å². The van der Waals surface area contributed by atoms with E-state index in [1.807, 2.05) is 25.1 Å². The third kappa shape index (κ3) is 2.02. The zero-order chi connectivity index (χ0) is 14.3. The number of fused-ring (bicyclic) bond motifs is 1. The van der Waals surface area contributed by atoms with Crippen LogP contribution < -0.4 is 5.73 Å². The molecule has 2 heterocycles. The molecule has 0 bridgehead atoms. The predicted molar refractivity (Wildman–Crippen MR) is 82.0 cm³/mol. The van der Waals surface area contributed by atoms with Gasteiger partial charge in [0.1, 0.15) is 17.8 Å². The first-order valence-electron chi connectivity index (χ1n) is 6.38. The van der Waals surface area contributed by atoms with Crippen molar-refractivity contribution in [1.82, 2.24) is 14.5 Å². The molecule has 3 aromatic rings. The van der Waals surface area contributed by atoms with Crippen molar-refractivity contribution < 1.29 is 0 Å². The number of nitrogens with zero attached hydrogens (tertiary/aromatic N) is 3. The molecule has 5 heteroatoms. The highest BCUT2D eigenvalue weighted by Gasteiger charge is 2.15. The molecule has 0 spiro atoms. The second kappa shape index (κ2) is 4.80. The number of anilines is 1. The van der Waals surface area contributed by atoms with Gasteiger partial charge in [0.25, 0.3) is 0 Å². The Hall–Kier alpha value is -2.07. The normalized spacial score (nSPS) is 11.2. The summed E-state index contributed by atoms with van der Waals surface area (Å²) in [7, 11) is 0. The molecular weight excluding hydrogens is 272 g/mol. The number of benzene rings is 1. The molecule has 0 unspecified atom stereocenters. The van der Waals surface area contributed by atoms with Crippen LogP contribution in [0.1, 0.15) is 16.8 Å². The van der Waals surface area contributed by atoms with Gasteiger partial charge in [-0.3, -0.25) is 0 Å². The first kappa shape index (κ1) is 12.9. The van der Waals surface area contributed by atoms with Crippen LogP contribution in [0.4, 0.5) is 5.82 Å². The number of hydrogen-bond acceptors (Lipinski definition) is 3. The third-order valence-corrected chi connectivity index (χ3v) is 3.90. The molecule has 0 amide bonds. The average Bonchev–Trinajstić information content (AvgIpc) is 2.65. The predicted octanol–water partition coefficient (Wildman–Crippen LogP) is 3.33. The SMILES string of the molecule is Cc1c(C)n(Cc2cccc(Cl)c2)c2ncnc(N)c12. The molecule has 2 aromatic heterocycles. The number of hydrogen-bond donors (Lipinski definition) is 1. The summed E-state index contributed by atoms with van der Waals surface area (Å²) in [5, 5.41) is 1.68. The Balaban J connectivity index is 2.17. The number of nitrogen functional groups attached to an aromatic ring is 1. The number of aryl methyl sites for hydroxylation is 1. The molecule has 2 N–H and O–H groups in total. The number of halogens is 1. The Morgan fingerprint density at radius 3 is 2.80 bits per heavy atom. The Kier molecular flexibility index (Phi) is 3.10. The molecule has 3 rings (SSSR count). The highest BCUT2D eigenvalue weighted by Crippen LogP contribution is 2.27. The third-order valence-electron chi connectivity index (χ3n) is 3.66. The van der Waals surface area contributed by atoms with Gasteiger partial charge in [-0.2, -0.15) is 0 Å². The van der Waals surface area contributed by atoms with Gasteiger partial charge in [0.2, 0.25) is 0 Å². The van der Waals surface area contributed by atoms with Gasteiger partial charge in [-0.25, -0.2) is 9.97 Å². The van der Waals surface area contributed by atoms with Gasteiger partial charge in [0, 0.05) is 17.3 Å². The maximum Gasteiger partial charge on any atom is 0.146 e. The maximum absolute atomic E-state index is 6.04. The molecule has 0 aliphatic carbocycles. The molecule has 20 heavy (non-hydrogen) atoms. The minimum atomic E-state index is 0.528. The fraction of sp³-hybridized carbons (Fsp3) is 0.200. The molecule has 102 valence electrons. The number of aromatic nitrogens is 3. The zero-order valence-corrected chi connectivity index (χ0v) is 12.1. The summed E-state index contributed by atoms with van der Waals surface area (Å²) in [6, 6.07) is 7.84. The van der Waals surface area contributed by atoms with Crippen LogP contribution in [-0.4, -0.2) is 14.5 Å². The van der Waals surface area contributed by atoms with Crippen molar-refractivity contribution in [2.24, 2.45) is 0 Å². The lowest BCUT2D eigenvalue weighted by molar-refractivity contribution is 0.790. The fourth-order valence-electron chi connectivity index (χ4n) is 2.51. The van der Waals surface area contributed by atoms with E-state index < -0.39 is 0 Å². The number of nitrogens with two attached hydrogens (primary N) is 1. The molecule has 4 nitrogen and oxygen atoms in total. The molecular formula is C15H15ClN4. The first-order chi connectivity index (χ1) is 9.58. The average molecular weight is 287 g/mol. The molecule has 0 saturated heterocycles. The van der Waals surface area contributed by atoms with Crippen LogP contribution in [0.3, 0.4) is 0 Å². The van der Waals surface area contributed by atoms with E-state index >= 15 is 0 Å². The van der Waals surface area contributed by atoms with E-state index in [-0.39, 0.29) is 0 Å². The Labute approximate surface area is 122 Å². The largest absolute Gasteiger partial charge is 0.383 e. The first-order valence-corrected chi connectivity index (χ1v) is 6.76. The van der Waals surface area contributed by atoms with E-state index in [9.17, 15) is 0 Å². The van der Waals surface area contributed by atoms with Crippen molar-refractivity contribution in [2.75, 3.05) is 5.73 Å². The highest BCUT2D eigenvalue weighted by atomic mass is 35.5. The smallest absolute Gasteiger partial charge is 0.146 e. The lowest BCUT2D eigenvalue weighted by Crippen LogP contribution is -2.03. The molecule has 1 aromatic carbocycles. The molecule has 0 fully saturated rings. The standard InChI is InChI=1S/C15H15ClN4/c1-9-10(2)20(7-11-4-3-5-12(16)6-11)15-13(9)14(17)18-8-19-15/h3-6,8H,7H2,1-2H3,(H2,17,18,19). The van der Waals surface area contributed by atoms with Gasteiger partial charge in [0.05, 0.1) is 5.39 Å². The highest BCUT2D eigenvalue weighted by molar-refractivity contribution is 6.30. The van der Waals surface area contributed by atoms with E-state index in [1.54, 1.807) is 0 Å². The van der Waals surface area contributed by atoms with E-state index in [0.29, 0.717) is 12.4 Å². The van der Waals surface area contributed by atoms with Gasteiger partial charge in [-0.1, -0.05) is 23.7 Å². The van der Waals surface area contributed by atoms with Crippen LogP contribution in [0.15, 0.2) is 30.6 Å². The van der Waals surface area contributed by atoms with Gasteiger partial charge in [0.15, 0.2) is 0 Å². The summed E-state index contributed by atoms with van der Waals surface area (Å²) >= 11 is 6.04. The summed E-state index contributed by atoms with van der Waals surface area (Å²) in [6.07, 6.45) is 1.50. The zero-order valence-electron chi connectivity index (χ0n) is 11.4. The maximum atomic E-state index is 6.04. The van der Waals surface area contributed by atoms with Crippen LogP contribution in [0, 0.1) is 13.8 Å². The molecule has 0 atom stereocenters. The van der Waals surface area contributed by atoms with E-state index in [1.165, 1.54) is 6.33 Å². The molecule has 0 aliphatic rings. The van der Waals surface area contributed by atoms with Crippen LogP contribution in [0.25, 0.3) is 11.0 Å². The monoisotopic (exact) mass is 286 g/mol. The van der Waals surface area contributed by atoms with Crippen LogP contribution >= 0.6 is 11.6 Å². The second-order valence-electron chi connectivity index (χ2n) is 4.88. The topological polar surface area (TPSA) is 56.7 Å². The summed E-state index contributed by atoms with van der Waals surface area (Å²) in [4.78, 5) is 8.46. The summed E-state index contributed by atoms with van der Waals surface area (Å²) in [5.74, 6) is 0.528. The minimum absolute atomic E-state index is 0.528. The molecule has 0 aliphatic heterocycles. The van der Waals surface area contributed by atoms with Crippen molar-refractivity contribution >= 4 is 28.5 Å². The van der Waals surface area contributed by atoms with Crippen molar-refractivity contribution in [3.8, 4) is 0 Å². The molecule has 0 saturated carbocycles. The summed E-state index contributed by atoms with van der Waals surface area (Å²) in [6.45, 7) is 4.83. The summed E-state index contributed by atoms with van der Waals surface area (Å²) in [5.41, 5.74) is 10.2.